The molecule has 0 amide bonds. The van der Waals surface area contributed by atoms with E-state index in [0.717, 1.165) is 30.5 Å². The van der Waals surface area contributed by atoms with Gasteiger partial charge in [-0.1, -0.05) is 70.0 Å². The van der Waals surface area contributed by atoms with Crippen molar-refractivity contribution in [3.8, 4) is 0 Å². The summed E-state index contributed by atoms with van der Waals surface area (Å²) in [7, 11) is 0. The molecule has 2 heteroatoms. The van der Waals surface area contributed by atoms with E-state index in [9.17, 15) is 5.11 Å². The fourth-order valence-electron chi connectivity index (χ4n) is 2.37. The first kappa shape index (κ1) is 14.1. The van der Waals surface area contributed by atoms with Crippen LogP contribution >= 0.6 is 12.2 Å². The van der Waals surface area contributed by atoms with Gasteiger partial charge in [0.05, 0.1) is 0 Å². The zero-order valence-corrected chi connectivity index (χ0v) is 11.2. The molecule has 1 saturated carbocycles. The summed E-state index contributed by atoms with van der Waals surface area (Å²) in [5, 5.41) is 11.7. The maximum atomic E-state index is 11.7. The summed E-state index contributed by atoms with van der Waals surface area (Å²) in [6.45, 7) is 0. The highest BCUT2D eigenvalue weighted by Gasteiger charge is 2.12. The minimum Gasteiger partial charge on any atom is -0.227 e. The van der Waals surface area contributed by atoms with Crippen molar-refractivity contribution in [1.29, 1.82) is 0 Å². The molecule has 1 aliphatic carbocycles. The second-order valence-electron chi connectivity index (χ2n) is 5.03. The van der Waals surface area contributed by atoms with Gasteiger partial charge < -0.3 is 0 Å². The molecule has 1 aliphatic rings. The van der Waals surface area contributed by atoms with Gasteiger partial charge in [0.1, 0.15) is 6.10 Å². The third-order valence-corrected chi connectivity index (χ3v) is 3.97. The van der Waals surface area contributed by atoms with Gasteiger partial charge in [0.25, 0.3) is 0 Å². The van der Waals surface area contributed by atoms with Crippen LogP contribution in [0.2, 0.25) is 0 Å². The monoisotopic (exact) mass is 241 g/mol. The average Bonchev–Trinajstić information content (AvgIpc) is 2.29. The number of rotatable bonds is 0. The fourth-order valence-corrected chi connectivity index (χ4v) is 2.63. The second kappa shape index (κ2) is 9.12. The van der Waals surface area contributed by atoms with E-state index in [-0.39, 0.29) is 0 Å². The Bertz CT molecular complexity index is 191. The predicted octanol–water partition coefficient (Wildman–Crippen LogP) is 4.85. The summed E-state index contributed by atoms with van der Waals surface area (Å²) in [5.41, 5.74) is 0. The van der Waals surface area contributed by atoms with Crippen LogP contribution in [0.25, 0.3) is 0 Å². The lowest BCUT2D eigenvalue weighted by Gasteiger charge is -2.11. The molecule has 16 heavy (non-hydrogen) atoms. The molecule has 1 nitrogen and oxygen atoms in total. The lowest BCUT2D eigenvalue weighted by Crippen LogP contribution is -2.16. The Morgan fingerprint density at radius 2 is 1.19 bits per heavy atom. The maximum Gasteiger partial charge on any atom is 0.124 e. The van der Waals surface area contributed by atoms with E-state index in [4.69, 9.17) is 12.2 Å². The van der Waals surface area contributed by atoms with Crippen molar-refractivity contribution in [3.05, 3.63) is 0 Å². The van der Waals surface area contributed by atoms with Crippen molar-refractivity contribution in [3.63, 3.8) is 0 Å². The van der Waals surface area contributed by atoms with Gasteiger partial charge in [0, 0.05) is 4.86 Å². The van der Waals surface area contributed by atoms with Crippen molar-refractivity contribution in [1.82, 2.24) is 0 Å². The Morgan fingerprint density at radius 1 is 0.750 bits per heavy atom. The van der Waals surface area contributed by atoms with Crippen molar-refractivity contribution in [2.75, 3.05) is 0 Å². The lowest BCUT2D eigenvalue weighted by molar-refractivity contribution is 0.135. The van der Waals surface area contributed by atoms with Crippen LogP contribution in [0.3, 0.4) is 0 Å². The SMILES string of the molecule is [O]C1CCCCCCCCCCCCC1=S. The molecule has 0 aromatic carbocycles. The molecule has 0 N–H and O–H groups in total. The summed E-state index contributed by atoms with van der Waals surface area (Å²) in [6, 6.07) is 0. The normalized spacial score (nSPS) is 27.3. The van der Waals surface area contributed by atoms with Crippen molar-refractivity contribution in [2.45, 2.75) is 83.2 Å². The van der Waals surface area contributed by atoms with Gasteiger partial charge in [-0.2, -0.15) is 0 Å². The van der Waals surface area contributed by atoms with Crippen LogP contribution in [0.4, 0.5) is 0 Å². The van der Waals surface area contributed by atoms with Gasteiger partial charge in [0.2, 0.25) is 0 Å². The maximum absolute atomic E-state index is 11.7. The topological polar surface area (TPSA) is 19.9 Å². The molecule has 0 aliphatic heterocycles. The Labute approximate surface area is 106 Å². The molecule has 0 spiro atoms. The molecule has 0 heterocycles. The molecule has 0 bridgehead atoms. The second-order valence-corrected chi connectivity index (χ2v) is 5.55. The van der Waals surface area contributed by atoms with Gasteiger partial charge in [-0.15, -0.1) is 0 Å². The largest absolute Gasteiger partial charge is 0.227 e. The Morgan fingerprint density at radius 3 is 1.75 bits per heavy atom. The molecule has 1 fully saturated rings. The highest BCUT2D eigenvalue weighted by Crippen LogP contribution is 2.16. The predicted molar refractivity (Wildman–Crippen MR) is 72.5 cm³/mol. The third kappa shape index (κ3) is 6.59. The van der Waals surface area contributed by atoms with Crippen LogP contribution in [-0.4, -0.2) is 11.0 Å². The molecule has 1 atom stereocenters. The molecule has 1 unspecified atom stereocenters. The molecular weight excluding hydrogens is 216 g/mol. The fraction of sp³-hybridized carbons (Fsp3) is 0.929. The van der Waals surface area contributed by atoms with E-state index in [1.165, 1.54) is 51.4 Å². The molecule has 93 valence electrons. The summed E-state index contributed by atoms with van der Waals surface area (Å²) in [4.78, 5) is 0.789. The van der Waals surface area contributed by atoms with Gasteiger partial charge in [-0.05, 0) is 19.3 Å². The Hall–Kier alpha value is 0.0500. The van der Waals surface area contributed by atoms with Crippen molar-refractivity contribution >= 4 is 17.1 Å². The van der Waals surface area contributed by atoms with E-state index in [2.05, 4.69) is 0 Å². The average molecular weight is 241 g/mol. The smallest absolute Gasteiger partial charge is 0.124 e. The van der Waals surface area contributed by atoms with Crippen LogP contribution in [0.1, 0.15) is 77.0 Å². The van der Waals surface area contributed by atoms with Gasteiger partial charge in [-0.25, -0.2) is 5.11 Å². The van der Waals surface area contributed by atoms with Crippen LogP contribution < -0.4 is 0 Å². The van der Waals surface area contributed by atoms with E-state index in [1.54, 1.807) is 0 Å². The number of thiocarbonyl (C=S) groups is 1. The number of hydrogen-bond acceptors (Lipinski definition) is 1. The quantitative estimate of drug-likeness (QED) is 0.555. The molecule has 0 saturated heterocycles. The minimum absolute atomic E-state index is 0.557. The molecular formula is C14H25OS. The highest BCUT2D eigenvalue weighted by molar-refractivity contribution is 7.80. The summed E-state index contributed by atoms with van der Waals surface area (Å²) >= 11 is 5.21. The summed E-state index contributed by atoms with van der Waals surface area (Å²) in [6.07, 6.45) is 13.9. The zero-order valence-electron chi connectivity index (χ0n) is 10.4. The molecule has 1 radical (unpaired) electrons. The van der Waals surface area contributed by atoms with E-state index >= 15 is 0 Å². The van der Waals surface area contributed by atoms with E-state index in [0.29, 0.717) is 0 Å². The third-order valence-electron chi connectivity index (χ3n) is 3.50. The standard InChI is InChI=1S/C14H25OS/c15-13-11-9-7-5-3-1-2-4-6-8-10-12-14(13)16/h13H,1-12H2. The van der Waals surface area contributed by atoms with E-state index in [1.807, 2.05) is 0 Å². The first-order chi connectivity index (χ1) is 7.80. The van der Waals surface area contributed by atoms with E-state index < -0.39 is 6.10 Å². The van der Waals surface area contributed by atoms with Crippen LogP contribution in [-0.2, 0) is 5.11 Å². The molecule has 0 aromatic rings. The molecule has 0 aromatic heterocycles. The lowest BCUT2D eigenvalue weighted by atomic mass is 10.00. The van der Waals surface area contributed by atoms with Crippen LogP contribution in [0.15, 0.2) is 0 Å². The van der Waals surface area contributed by atoms with Crippen molar-refractivity contribution < 1.29 is 5.11 Å². The molecule has 1 rings (SSSR count). The first-order valence-electron chi connectivity index (χ1n) is 6.99. The van der Waals surface area contributed by atoms with Crippen LogP contribution in [0.5, 0.6) is 0 Å². The zero-order chi connectivity index (χ0) is 11.6. The minimum atomic E-state index is -0.557. The van der Waals surface area contributed by atoms with Gasteiger partial charge in [0.15, 0.2) is 0 Å². The highest BCUT2D eigenvalue weighted by atomic mass is 32.1. The Balaban J connectivity index is 2.24. The van der Waals surface area contributed by atoms with Crippen molar-refractivity contribution in [2.24, 2.45) is 0 Å². The van der Waals surface area contributed by atoms with Gasteiger partial charge >= 0.3 is 0 Å². The number of hydrogen-bond donors (Lipinski definition) is 0. The van der Waals surface area contributed by atoms with Gasteiger partial charge in [-0.3, -0.25) is 0 Å². The van der Waals surface area contributed by atoms with Crippen LogP contribution in [0, 0.1) is 0 Å². The summed E-state index contributed by atoms with van der Waals surface area (Å²) in [5.74, 6) is 0. The Kier molecular flexibility index (Phi) is 8.04. The summed E-state index contributed by atoms with van der Waals surface area (Å²) < 4.78 is 0. The first-order valence-corrected chi connectivity index (χ1v) is 7.40.